The number of rotatable bonds is 4. The number of Topliss-reactive ketones (excluding diaryl/α,β-unsaturated/α-hetero) is 1. The molecule has 0 amide bonds. The van der Waals surface area contributed by atoms with Gasteiger partial charge in [-0.1, -0.05) is 15.9 Å². The second kappa shape index (κ2) is 7.00. The van der Waals surface area contributed by atoms with E-state index in [-0.39, 0.29) is 22.8 Å². The van der Waals surface area contributed by atoms with Gasteiger partial charge in [-0.15, -0.1) is 17.0 Å². The number of piperazine rings is 1. The van der Waals surface area contributed by atoms with Crippen LogP contribution in [-0.4, -0.2) is 53.2 Å². The van der Waals surface area contributed by atoms with Crippen LogP contribution in [0.5, 0.6) is 0 Å². The Morgan fingerprint density at radius 3 is 2.45 bits per heavy atom. The lowest BCUT2D eigenvalue weighted by Gasteiger charge is -2.35. The Balaban J connectivity index is 0.00000147. The summed E-state index contributed by atoms with van der Waals surface area (Å²) < 4.78 is 0. The molecule has 0 atom stereocenters. The highest BCUT2D eigenvalue weighted by molar-refractivity contribution is 9.09. The van der Waals surface area contributed by atoms with Crippen LogP contribution in [0.1, 0.15) is 23.2 Å². The smallest absolute Gasteiger partial charge is 0.174 e. The van der Waals surface area contributed by atoms with Crippen molar-refractivity contribution in [2.45, 2.75) is 18.9 Å². The Hall–Kier alpha value is -0.460. The molecule has 1 saturated heterocycles. The average molecular weight is 405 g/mol. The van der Waals surface area contributed by atoms with E-state index in [0.29, 0.717) is 10.9 Å². The summed E-state index contributed by atoms with van der Waals surface area (Å²) in [7, 11) is 0. The summed E-state index contributed by atoms with van der Waals surface area (Å²) >= 11 is 3.18. The van der Waals surface area contributed by atoms with Crippen molar-refractivity contribution < 1.29 is 4.79 Å². The second-order valence-corrected chi connectivity index (χ2v) is 5.78. The van der Waals surface area contributed by atoms with Crippen LogP contribution >= 0.6 is 32.9 Å². The van der Waals surface area contributed by atoms with Crippen molar-refractivity contribution in [3.8, 4) is 0 Å². The third-order valence-corrected chi connectivity index (χ3v) is 4.40. The first-order chi connectivity index (χ1) is 9.28. The van der Waals surface area contributed by atoms with Gasteiger partial charge in [-0.3, -0.25) is 9.69 Å². The second-order valence-electron chi connectivity index (χ2n) is 5.22. The van der Waals surface area contributed by atoms with E-state index in [4.69, 9.17) is 0 Å². The van der Waals surface area contributed by atoms with Gasteiger partial charge in [0.1, 0.15) is 5.82 Å². The third kappa shape index (κ3) is 3.59. The number of hydrogen-bond acceptors (Lipinski definition) is 4. The number of carbonyl (C=O) groups is 1. The maximum atomic E-state index is 11.5. The Bertz CT molecular complexity index is 454. The van der Waals surface area contributed by atoms with E-state index in [1.54, 1.807) is 6.20 Å². The van der Waals surface area contributed by atoms with Crippen LogP contribution in [0.25, 0.3) is 0 Å². The molecule has 1 aliphatic carbocycles. The van der Waals surface area contributed by atoms with Crippen LogP contribution in [0.3, 0.4) is 0 Å². The van der Waals surface area contributed by atoms with Crippen LogP contribution in [-0.2, 0) is 0 Å². The van der Waals surface area contributed by atoms with Gasteiger partial charge in [0.15, 0.2) is 5.78 Å². The highest BCUT2D eigenvalue weighted by Crippen LogP contribution is 2.28. The minimum Gasteiger partial charge on any atom is -0.354 e. The molecule has 4 nitrogen and oxygen atoms in total. The van der Waals surface area contributed by atoms with Crippen molar-refractivity contribution in [1.29, 1.82) is 0 Å². The van der Waals surface area contributed by atoms with Crippen molar-refractivity contribution in [3.05, 3.63) is 23.9 Å². The fraction of sp³-hybridized carbons (Fsp3) is 0.571. The number of halogens is 2. The molecule has 110 valence electrons. The molecular weight excluding hydrogens is 386 g/mol. The molecule has 1 saturated carbocycles. The predicted octanol–water partition coefficient (Wildman–Crippen LogP) is 2.52. The van der Waals surface area contributed by atoms with Gasteiger partial charge in [0.05, 0.1) is 5.33 Å². The largest absolute Gasteiger partial charge is 0.354 e. The van der Waals surface area contributed by atoms with Gasteiger partial charge in [0.2, 0.25) is 0 Å². The third-order valence-electron chi connectivity index (χ3n) is 3.89. The number of aromatic nitrogens is 1. The first kappa shape index (κ1) is 15.9. The highest BCUT2D eigenvalue weighted by atomic mass is 79.9. The Morgan fingerprint density at radius 2 is 1.95 bits per heavy atom. The minimum absolute atomic E-state index is 0. The first-order valence-corrected chi connectivity index (χ1v) is 7.94. The Kier molecular flexibility index (Phi) is 5.57. The van der Waals surface area contributed by atoms with Crippen molar-refractivity contribution >= 4 is 44.5 Å². The number of carbonyl (C=O) groups excluding carboxylic acids is 1. The van der Waals surface area contributed by atoms with E-state index in [1.165, 1.54) is 12.8 Å². The molecule has 1 aromatic heterocycles. The van der Waals surface area contributed by atoms with Gasteiger partial charge in [0.25, 0.3) is 0 Å². The zero-order chi connectivity index (χ0) is 13.2. The normalized spacial score (nSPS) is 19.6. The molecule has 1 aliphatic heterocycles. The van der Waals surface area contributed by atoms with Crippen LogP contribution in [0, 0.1) is 0 Å². The Morgan fingerprint density at radius 1 is 1.25 bits per heavy atom. The molecule has 0 bridgehead atoms. The minimum atomic E-state index is 0. The summed E-state index contributed by atoms with van der Waals surface area (Å²) in [6.45, 7) is 4.34. The number of nitrogens with zero attached hydrogens (tertiary/aromatic N) is 3. The van der Waals surface area contributed by atoms with Gasteiger partial charge in [-0.25, -0.2) is 4.98 Å². The van der Waals surface area contributed by atoms with Gasteiger partial charge in [0, 0.05) is 44.0 Å². The van der Waals surface area contributed by atoms with E-state index in [2.05, 4.69) is 30.7 Å². The van der Waals surface area contributed by atoms with Gasteiger partial charge in [-0.05, 0) is 25.0 Å². The SMILES string of the molecule is Br.O=C(CBr)c1ccc(N2CCN(C3CC3)CC2)nc1. The summed E-state index contributed by atoms with van der Waals surface area (Å²) in [5.74, 6) is 1.07. The maximum absolute atomic E-state index is 11.5. The number of pyridine rings is 1. The molecule has 0 N–H and O–H groups in total. The van der Waals surface area contributed by atoms with Crippen molar-refractivity contribution in [1.82, 2.24) is 9.88 Å². The van der Waals surface area contributed by atoms with E-state index in [9.17, 15) is 4.79 Å². The molecule has 0 radical (unpaired) electrons. The molecule has 0 spiro atoms. The lowest BCUT2D eigenvalue weighted by atomic mass is 10.2. The van der Waals surface area contributed by atoms with Gasteiger partial charge >= 0.3 is 0 Å². The molecule has 0 unspecified atom stereocenters. The Labute approximate surface area is 138 Å². The van der Waals surface area contributed by atoms with Crippen molar-refractivity contribution in [3.63, 3.8) is 0 Å². The van der Waals surface area contributed by atoms with E-state index < -0.39 is 0 Å². The van der Waals surface area contributed by atoms with Crippen LogP contribution in [0.4, 0.5) is 5.82 Å². The number of ketones is 1. The zero-order valence-corrected chi connectivity index (χ0v) is 14.6. The van der Waals surface area contributed by atoms with Crippen LogP contribution in [0.15, 0.2) is 18.3 Å². The summed E-state index contributed by atoms with van der Waals surface area (Å²) in [6.07, 6.45) is 4.44. The fourth-order valence-corrected chi connectivity index (χ4v) is 2.89. The monoisotopic (exact) mass is 403 g/mol. The maximum Gasteiger partial charge on any atom is 0.174 e. The number of alkyl halides is 1. The number of hydrogen-bond donors (Lipinski definition) is 0. The molecule has 20 heavy (non-hydrogen) atoms. The first-order valence-electron chi connectivity index (χ1n) is 6.82. The van der Waals surface area contributed by atoms with Crippen molar-refractivity contribution in [2.75, 3.05) is 36.4 Å². The van der Waals surface area contributed by atoms with E-state index >= 15 is 0 Å². The summed E-state index contributed by atoms with van der Waals surface area (Å²) in [5, 5.41) is 0.355. The number of anilines is 1. The summed E-state index contributed by atoms with van der Waals surface area (Å²) in [6, 6.07) is 4.69. The summed E-state index contributed by atoms with van der Waals surface area (Å²) in [5.41, 5.74) is 0.678. The molecule has 2 heterocycles. The van der Waals surface area contributed by atoms with Gasteiger partial charge < -0.3 is 4.90 Å². The van der Waals surface area contributed by atoms with Crippen LogP contribution in [0.2, 0.25) is 0 Å². The molecule has 6 heteroatoms. The van der Waals surface area contributed by atoms with Crippen molar-refractivity contribution in [2.24, 2.45) is 0 Å². The average Bonchev–Trinajstić information content (AvgIpc) is 3.31. The van der Waals surface area contributed by atoms with E-state index in [1.807, 2.05) is 12.1 Å². The molecule has 1 aromatic rings. The predicted molar refractivity (Wildman–Crippen MR) is 89.5 cm³/mol. The molecular formula is C14H19Br2N3O. The quantitative estimate of drug-likeness (QED) is 0.570. The van der Waals surface area contributed by atoms with Gasteiger partial charge in [-0.2, -0.15) is 0 Å². The highest BCUT2D eigenvalue weighted by Gasteiger charge is 2.31. The van der Waals surface area contributed by atoms with E-state index in [0.717, 1.165) is 38.0 Å². The lowest BCUT2D eigenvalue weighted by molar-refractivity contribution is 0.102. The fourth-order valence-electron chi connectivity index (χ4n) is 2.57. The van der Waals surface area contributed by atoms with Crippen LogP contribution < -0.4 is 4.90 Å². The molecule has 2 fully saturated rings. The summed E-state index contributed by atoms with van der Waals surface area (Å²) in [4.78, 5) is 20.8. The standard InChI is InChI=1S/C14H18BrN3O.BrH/c15-9-13(19)11-1-4-14(16-10-11)18-7-5-17(6-8-18)12-2-3-12;/h1,4,10,12H,2-3,5-9H2;1H. The zero-order valence-electron chi connectivity index (χ0n) is 11.3. The topological polar surface area (TPSA) is 36.4 Å². The molecule has 3 rings (SSSR count). The molecule has 2 aliphatic rings. The molecule has 0 aromatic carbocycles. The lowest BCUT2D eigenvalue weighted by Crippen LogP contribution is -2.47.